The Morgan fingerprint density at radius 1 is 1.04 bits per heavy atom. The van der Waals surface area contributed by atoms with Crippen LogP contribution < -0.4 is 10.6 Å². The van der Waals surface area contributed by atoms with E-state index in [1.807, 2.05) is 13.8 Å². The van der Waals surface area contributed by atoms with Crippen molar-refractivity contribution in [2.75, 3.05) is 5.32 Å². The van der Waals surface area contributed by atoms with Crippen LogP contribution in [-0.2, 0) is 4.79 Å². The molecule has 126 valence electrons. The predicted octanol–water partition coefficient (Wildman–Crippen LogP) is 3.91. The maximum Gasteiger partial charge on any atom is 0.251 e. The molecule has 0 spiro atoms. The van der Waals surface area contributed by atoms with Crippen molar-refractivity contribution < 1.29 is 14.0 Å². The summed E-state index contributed by atoms with van der Waals surface area (Å²) >= 11 is 0. The fourth-order valence-corrected chi connectivity index (χ4v) is 2.47. The number of carbonyl (C=O) groups excluding carboxylic acids is 2. The smallest absolute Gasteiger partial charge is 0.251 e. The van der Waals surface area contributed by atoms with Gasteiger partial charge in [-0.1, -0.05) is 32.0 Å². The van der Waals surface area contributed by atoms with Gasteiger partial charge in [-0.05, 0) is 41.8 Å². The van der Waals surface area contributed by atoms with Crippen LogP contribution >= 0.6 is 0 Å². The highest BCUT2D eigenvalue weighted by Crippen LogP contribution is 2.23. The zero-order valence-corrected chi connectivity index (χ0v) is 14.0. The average molecular weight is 328 g/mol. The molecular formula is C19H21FN2O2. The van der Waals surface area contributed by atoms with Crippen LogP contribution in [0.2, 0.25) is 0 Å². The van der Waals surface area contributed by atoms with Gasteiger partial charge in [0.25, 0.3) is 5.91 Å². The highest BCUT2D eigenvalue weighted by molar-refractivity contribution is 5.97. The van der Waals surface area contributed by atoms with Crippen molar-refractivity contribution in [3.05, 3.63) is 65.5 Å². The topological polar surface area (TPSA) is 58.2 Å². The van der Waals surface area contributed by atoms with Crippen LogP contribution in [0, 0.1) is 11.7 Å². The molecule has 1 unspecified atom stereocenters. The van der Waals surface area contributed by atoms with E-state index in [9.17, 15) is 14.0 Å². The SMILES string of the molecule is CC(=O)Nc1cccc(C(=O)NC(c2ccc(F)cc2)C(C)C)c1. The quantitative estimate of drug-likeness (QED) is 0.874. The molecule has 1 atom stereocenters. The lowest BCUT2D eigenvalue weighted by molar-refractivity contribution is -0.114. The fraction of sp³-hybridized carbons (Fsp3) is 0.263. The molecule has 0 heterocycles. The Morgan fingerprint density at radius 3 is 2.29 bits per heavy atom. The van der Waals surface area contributed by atoms with Gasteiger partial charge in [-0.3, -0.25) is 9.59 Å². The maximum atomic E-state index is 13.1. The second-order valence-electron chi connectivity index (χ2n) is 6.01. The molecular weight excluding hydrogens is 307 g/mol. The van der Waals surface area contributed by atoms with Gasteiger partial charge in [0.05, 0.1) is 6.04 Å². The largest absolute Gasteiger partial charge is 0.345 e. The summed E-state index contributed by atoms with van der Waals surface area (Å²) < 4.78 is 13.1. The Kier molecular flexibility index (Phi) is 5.68. The monoisotopic (exact) mass is 328 g/mol. The van der Waals surface area contributed by atoms with E-state index in [1.165, 1.54) is 19.1 Å². The summed E-state index contributed by atoms with van der Waals surface area (Å²) in [6, 6.07) is 12.6. The minimum atomic E-state index is -0.310. The highest BCUT2D eigenvalue weighted by Gasteiger charge is 2.19. The Morgan fingerprint density at radius 2 is 1.71 bits per heavy atom. The van der Waals surface area contributed by atoms with Gasteiger partial charge < -0.3 is 10.6 Å². The summed E-state index contributed by atoms with van der Waals surface area (Å²) in [5.41, 5.74) is 1.87. The molecule has 0 fully saturated rings. The Bertz CT molecular complexity index is 726. The Hall–Kier alpha value is -2.69. The second-order valence-corrected chi connectivity index (χ2v) is 6.01. The molecule has 2 aromatic carbocycles. The van der Waals surface area contributed by atoms with E-state index in [-0.39, 0.29) is 29.6 Å². The lowest BCUT2D eigenvalue weighted by Gasteiger charge is -2.23. The molecule has 0 radical (unpaired) electrons. The summed E-state index contributed by atoms with van der Waals surface area (Å²) in [4.78, 5) is 23.7. The Labute approximate surface area is 141 Å². The van der Waals surface area contributed by atoms with Crippen LogP contribution in [-0.4, -0.2) is 11.8 Å². The zero-order chi connectivity index (χ0) is 17.7. The third-order valence-electron chi connectivity index (χ3n) is 3.63. The molecule has 4 nitrogen and oxygen atoms in total. The van der Waals surface area contributed by atoms with Gasteiger partial charge >= 0.3 is 0 Å². The third-order valence-corrected chi connectivity index (χ3v) is 3.63. The number of hydrogen-bond donors (Lipinski definition) is 2. The van der Waals surface area contributed by atoms with Crippen LogP contribution in [0.3, 0.4) is 0 Å². The van der Waals surface area contributed by atoms with Crippen LogP contribution in [0.5, 0.6) is 0 Å². The number of anilines is 1. The molecule has 2 aromatic rings. The molecule has 5 heteroatoms. The Balaban J connectivity index is 2.19. The molecule has 2 N–H and O–H groups in total. The number of benzene rings is 2. The summed E-state index contributed by atoms with van der Waals surface area (Å²) in [5, 5.41) is 5.63. The highest BCUT2D eigenvalue weighted by atomic mass is 19.1. The molecule has 0 bridgehead atoms. The minimum Gasteiger partial charge on any atom is -0.345 e. The van der Waals surface area contributed by atoms with Crippen LogP contribution in [0.25, 0.3) is 0 Å². The van der Waals surface area contributed by atoms with Gasteiger partial charge in [-0.25, -0.2) is 4.39 Å². The predicted molar refractivity (Wildman–Crippen MR) is 92.2 cm³/mol. The molecule has 0 aliphatic rings. The number of halogens is 1. The molecule has 0 aromatic heterocycles. The number of hydrogen-bond acceptors (Lipinski definition) is 2. The van der Waals surface area contributed by atoms with E-state index in [1.54, 1.807) is 36.4 Å². The summed E-state index contributed by atoms with van der Waals surface area (Å²) in [6.07, 6.45) is 0. The number of amides is 2. The van der Waals surface area contributed by atoms with E-state index in [4.69, 9.17) is 0 Å². The second kappa shape index (κ2) is 7.73. The van der Waals surface area contributed by atoms with Gasteiger partial charge in [-0.15, -0.1) is 0 Å². The first kappa shape index (κ1) is 17.7. The number of rotatable bonds is 5. The number of carbonyl (C=O) groups is 2. The first-order valence-corrected chi connectivity index (χ1v) is 7.81. The van der Waals surface area contributed by atoms with Crippen molar-refractivity contribution in [1.29, 1.82) is 0 Å². The van der Waals surface area contributed by atoms with Crippen molar-refractivity contribution in [2.24, 2.45) is 5.92 Å². The van der Waals surface area contributed by atoms with Crippen LogP contribution in [0.1, 0.15) is 42.7 Å². The maximum absolute atomic E-state index is 13.1. The van der Waals surface area contributed by atoms with Gasteiger partial charge in [0.2, 0.25) is 5.91 Å². The zero-order valence-electron chi connectivity index (χ0n) is 14.0. The van der Waals surface area contributed by atoms with Gasteiger partial charge in [0, 0.05) is 18.2 Å². The lowest BCUT2D eigenvalue weighted by Crippen LogP contribution is -2.31. The van der Waals surface area contributed by atoms with Crippen molar-refractivity contribution >= 4 is 17.5 Å². The van der Waals surface area contributed by atoms with Gasteiger partial charge in [0.1, 0.15) is 5.82 Å². The van der Waals surface area contributed by atoms with Gasteiger partial charge in [0.15, 0.2) is 0 Å². The first-order valence-electron chi connectivity index (χ1n) is 7.81. The van der Waals surface area contributed by atoms with Crippen molar-refractivity contribution in [3.63, 3.8) is 0 Å². The summed E-state index contributed by atoms with van der Waals surface area (Å²) in [5.74, 6) is -0.613. The van der Waals surface area contributed by atoms with Gasteiger partial charge in [-0.2, -0.15) is 0 Å². The standard InChI is InChI=1S/C19H21FN2O2/c1-12(2)18(14-7-9-16(20)10-8-14)22-19(24)15-5-4-6-17(11-15)21-13(3)23/h4-12,18H,1-3H3,(H,21,23)(H,22,24). The summed E-state index contributed by atoms with van der Waals surface area (Å²) in [6.45, 7) is 5.39. The number of nitrogens with one attached hydrogen (secondary N) is 2. The minimum absolute atomic E-state index is 0.137. The molecule has 24 heavy (non-hydrogen) atoms. The molecule has 0 saturated heterocycles. The normalized spacial score (nSPS) is 11.9. The van der Waals surface area contributed by atoms with Crippen molar-refractivity contribution in [3.8, 4) is 0 Å². The van der Waals surface area contributed by atoms with E-state index >= 15 is 0 Å². The fourth-order valence-electron chi connectivity index (χ4n) is 2.47. The first-order chi connectivity index (χ1) is 11.4. The molecule has 0 aliphatic carbocycles. The van der Waals surface area contributed by atoms with Crippen molar-refractivity contribution in [2.45, 2.75) is 26.8 Å². The van der Waals surface area contributed by atoms with Crippen molar-refractivity contribution in [1.82, 2.24) is 5.32 Å². The van der Waals surface area contributed by atoms with E-state index in [0.717, 1.165) is 5.56 Å². The van der Waals surface area contributed by atoms with Crippen LogP contribution in [0.15, 0.2) is 48.5 Å². The third kappa shape index (κ3) is 4.65. The van der Waals surface area contributed by atoms with Crippen LogP contribution in [0.4, 0.5) is 10.1 Å². The lowest BCUT2D eigenvalue weighted by atomic mass is 9.95. The average Bonchev–Trinajstić information content (AvgIpc) is 2.53. The van der Waals surface area contributed by atoms with E-state index in [2.05, 4.69) is 10.6 Å². The molecule has 2 rings (SSSR count). The van der Waals surface area contributed by atoms with E-state index in [0.29, 0.717) is 11.3 Å². The molecule has 0 aliphatic heterocycles. The molecule has 0 saturated carbocycles. The molecule has 2 amide bonds. The van der Waals surface area contributed by atoms with E-state index < -0.39 is 0 Å². The summed E-state index contributed by atoms with van der Waals surface area (Å²) in [7, 11) is 0.